The van der Waals surface area contributed by atoms with Crippen molar-refractivity contribution in [2.24, 2.45) is 5.92 Å². The Labute approximate surface area is 197 Å². The number of aryl methyl sites for hydroxylation is 1. The van der Waals surface area contributed by atoms with Gasteiger partial charge in [-0.05, 0) is 42.5 Å². The molecule has 0 aliphatic carbocycles. The summed E-state index contributed by atoms with van der Waals surface area (Å²) in [6.45, 7) is 8.44. The van der Waals surface area contributed by atoms with E-state index in [0.717, 1.165) is 12.8 Å². The SMILES string of the molecule is CCN(CC)S(=O)(=O)c1cccc(C(=O)N[C@H](C(=O)NCCCc2ccccc2)C(C)C)c1. The van der Waals surface area contributed by atoms with Crippen molar-refractivity contribution >= 4 is 21.8 Å². The number of rotatable bonds is 12. The zero-order valence-electron chi connectivity index (χ0n) is 19.9. The zero-order valence-corrected chi connectivity index (χ0v) is 20.7. The second kappa shape index (κ2) is 12.5. The predicted molar refractivity (Wildman–Crippen MR) is 130 cm³/mol. The number of carbonyl (C=O) groups excluding carboxylic acids is 2. The minimum Gasteiger partial charge on any atom is -0.354 e. The molecule has 0 heterocycles. The van der Waals surface area contributed by atoms with Gasteiger partial charge < -0.3 is 10.6 Å². The van der Waals surface area contributed by atoms with Crippen molar-refractivity contribution in [2.45, 2.75) is 51.5 Å². The first-order valence-electron chi connectivity index (χ1n) is 11.4. The van der Waals surface area contributed by atoms with Gasteiger partial charge in [-0.15, -0.1) is 0 Å². The van der Waals surface area contributed by atoms with Crippen LogP contribution in [0.4, 0.5) is 0 Å². The van der Waals surface area contributed by atoms with Crippen molar-refractivity contribution in [1.82, 2.24) is 14.9 Å². The summed E-state index contributed by atoms with van der Waals surface area (Å²) in [5.74, 6) is -0.867. The Kier molecular flexibility index (Phi) is 10.1. The first kappa shape index (κ1) is 26.5. The number of amides is 2. The molecule has 0 bridgehead atoms. The van der Waals surface area contributed by atoms with Crippen LogP contribution in [0.5, 0.6) is 0 Å². The van der Waals surface area contributed by atoms with Crippen LogP contribution in [-0.2, 0) is 21.2 Å². The lowest BCUT2D eigenvalue weighted by molar-refractivity contribution is -0.123. The third-order valence-corrected chi connectivity index (χ3v) is 7.51. The molecule has 0 saturated heterocycles. The summed E-state index contributed by atoms with van der Waals surface area (Å²) < 4.78 is 26.9. The minimum absolute atomic E-state index is 0.0605. The van der Waals surface area contributed by atoms with E-state index in [9.17, 15) is 18.0 Å². The Balaban J connectivity index is 2.02. The van der Waals surface area contributed by atoms with Gasteiger partial charge >= 0.3 is 0 Å². The summed E-state index contributed by atoms with van der Waals surface area (Å²) in [5, 5.41) is 5.67. The molecule has 2 aromatic rings. The molecule has 2 rings (SSSR count). The number of benzene rings is 2. The van der Waals surface area contributed by atoms with Gasteiger partial charge in [0.05, 0.1) is 4.90 Å². The van der Waals surface area contributed by atoms with Gasteiger partial charge in [0.1, 0.15) is 6.04 Å². The molecule has 0 radical (unpaired) electrons. The number of hydrogen-bond acceptors (Lipinski definition) is 4. The Morgan fingerprint density at radius 1 is 0.970 bits per heavy atom. The fourth-order valence-corrected chi connectivity index (χ4v) is 5.03. The van der Waals surface area contributed by atoms with E-state index in [1.807, 2.05) is 44.2 Å². The summed E-state index contributed by atoms with van der Waals surface area (Å²) in [6.07, 6.45) is 1.65. The van der Waals surface area contributed by atoms with E-state index in [4.69, 9.17) is 0 Å². The highest BCUT2D eigenvalue weighted by Crippen LogP contribution is 2.17. The molecule has 0 aromatic heterocycles. The molecule has 2 amide bonds. The van der Waals surface area contributed by atoms with Crippen molar-refractivity contribution in [1.29, 1.82) is 0 Å². The summed E-state index contributed by atoms with van der Waals surface area (Å²) >= 11 is 0. The third-order valence-electron chi connectivity index (χ3n) is 5.46. The average molecular weight is 474 g/mol. The van der Waals surface area contributed by atoms with E-state index >= 15 is 0 Å². The Hall–Kier alpha value is -2.71. The Bertz CT molecular complexity index is 1020. The number of sulfonamides is 1. The fraction of sp³-hybridized carbons (Fsp3) is 0.440. The molecule has 8 heteroatoms. The van der Waals surface area contributed by atoms with E-state index in [0.29, 0.717) is 19.6 Å². The number of carbonyl (C=O) groups is 2. The maximum absolute atomic E-state index is 12.9. The standard InChI is InChI=1S/C25H35N3O4S/c1-5-28(6-2)33(31,32)22-16-10-15-21(18-22)24(29)27-23(19(3)4)25(30)26-17-11-14-20-12-8-7-9-13-20/h7-10,12-13,15-16,18-19,23H,5-6,11,14,17H2,1-4H3,(H,26,30)(H,27,29)/t23-/m0/s1. The van der Waals surface area contributed by atoms with Crippen molar-refractivity contribution in [3.8, 4) is 0 Å². The summed E-state index contributed by atoms with van der Waals surface area (Å²) in [6, 6.07) is 15.2. The van der Waals surface area contributed by atoms with Crippen LogP contribution in [0, 0.1) is 5.92 Å². The van der Waals surface area contributed by atoms with Crippen LogP contribution in [-0.4, -0.2) is 50.2 Å². The van der Waals surface area contributed by atoms with E-state index in [1.54, 1.807) is 26.0 Å². The molecule has 180 valence electrons. The van der Waals surface area contributed by atoms with Crippen molar-refractivity contribution in [3.05, 3.63) is 65.7 Å². The highest BCUT2D eigenvalue weighted by atomic mass is 32.2. The van der Waals surface area contributed by atoms with Gasteiger partial charge in [-0.2, -0.15) is 4.31 Å². The van der Waals surface area contributed by atoms with Crippen LogP contribution < -0.4 is 10.6 Å². The van der Waals surface area contributed by atoms with E-state index in [1.165, 1.54) is 22.0 Å². The van der Waals surface area contributed by atoms with Gasteiger partial charge in [-0.25, -0.2) is 8.42 Å². The van der Waals surface area contributed by atoms with Gasteiger partial charge in [-0.3, -0.25) is 9.59 Å². The molecule has 1 atom stereocenters. The summed E-state index contributed by atoms with van der Waals surface area (Å²) in [4.78, 5) is 25.7. The smallest absolute Gasteiger partial charge is 0.251 e. The van der Waals surface area contributed by atoms with Gasteiger partial charge in [0.15, 0.2) is 0 Å². The molecule has 0 aliphatic rings. The largest absolute Gasteiger partial charge is 0.354 e. The van der Waals surface area contributed by atoms with Crippen LogP contribution in [0.15, 0.2) is 59.5 Å². The number of hydrogen-bond donors (Lipinski definition) is 2. The van der Waals surface area contributed by atoms with E-state index in [-0.39, 0.29) is 22.3 Å². The molecule has 33 heavy (non-hydrogen) atoms. The van der Waals surface area contributed by atoms with E-state index in [2.05, 4.69) is 10.6 Å². The first-order chi connectivity index (χ1) is 15.7. The fourth-order valence-electron chi connectivity index (χ4n) is 3.53. The normalized spacial score (nSPS) is 12.5. The van der Waals surface area contributed by atoms with Gasteiger partial charge in [0.2, 0.25) is 15.9 Å². The molecular weight excluding hydrogens is 438 g/mol. The first-order valence-corrected chi connectivity index (χ1v) is 12.9. The van der Waals surface area contributed by atoms with Gasteiger partial charge in [0, 0.05) is 25.2 Å². The lowest BCUT2D eigenvalue weighted by Crippen LogP contribution is -2.50. The molecule has 0 spiro atoms. The Morgan fingerprint density at radius 3 is 2.24 bits per heavy atom. The molecule has 0 aliphatic heterocycles. The predicted octanol–water partition coefficient (Wildman–Crippen LogP) is 3.22. The van der Waals surface area contributed by atoms with Crippen LogP contribution in [0.1, 0.15) is 50.0 Å². The van der Waals surface area contributed by atoms with Crippen LogP contribution >= 0.6 is 0 Å². The van der Waals surface area contributed by atoms with Crippen LogP contribution in [0.2, 0.25) is 0 Å². The second-order valence-electron chi connectivity index (χ2n) is 8.19. The highest BCUT2D eigenvalue weighted by Gasteiger charge is 2.26. The summed E-state index contributed by atoms with van der Waals surface area (Å²) in [7, 11) is -3.68. The third kappa shape index (κ3) is 7.40. The Morgan fingerprint density at radius 2 is 1.64 bits per heavy atom. The van der Waals surface area contributed by atoms with Crippen molar-refractivity contribution in [3.63, 3.8) is 0 Å². The highest BCUT2D eigenvalue weighted by molar-refractivity contribution is 7.89. The topological polar surface area (TPSA) is 95.6 Å². The average Bonchev–Trinajstić information content (AvgIpc) is 2.81. The number of nitrogens with one attached hydrogen (secondary N) is 2. The molecule has 2 N–H and O–H groups in total. The maximum atomic E-state index is 12.9. The van der Waals surface area contributed by atoms with Crippen molar-refractivity contribution < 1.29 is 18.0 Å². The molecule has 0 saturated carbocycles. The van der Waals surface area contributed by atoms with Crippen molar-refractivity contribution in [2.75, 3.05) is 19.6 Å². The summed E-state index contributed by atoms with van der Waals surface area (Å²) in [5.41, 5.74) is 1.41. The second-order valence-corrected chi connectivity index (χ2v) is 10.1. The maximum Gasteiger partial charge on any atom is 0.251 e. The van der Waals surface area contributed by atoms with Gasteiger partial charge in [-0.1, -0.05) is 64.1 Å². The lowest BCUT2D eigenvalue weighted by atomic mass is 10.0. The van der Waals surface area contributed by atoms with Crippen LogP contribution in [0.25, 0.3) is 0 Å². The molecule has 0 unspecified atom stereocenters. The molecule has 2 aromatic carbocycles. The minimum atomic E-state index is -3.68. The lowest BCUT2D eigenvalue weighted by Gasteiger charge is -2.22. The molecular formula is C25H35N3O4S. The van der Waals surface area contributed by atoms with E-state index < -0.39 is 22.0 Å². The number of nitrogens with zero attached hydrogens (tertiary/aromatic N) is 1. The van der Waals surface area contributed by atoms with Gasteiger partial charge in [0.25, 0.3) is 5.91 Å². The zero-order chi connectivity index (χ0) is 24.4. The molecule has 7 nitrogen and oxygen atoms in total. The monoisotopic (exact) mass is 473 g/mol. The quantitative estimate of drug-likeness (QED) is 0.463. The van der Waals surface area contributed by atoms with Crippen LogP contribution in [0.3, 0.4) is 0 Å². The molecule has 0 fully saturated rings.